The SMILES string of the molecule is CCn1ccc2ccc(S(=O)Nc3ccc(C(=O)NC(C)(C)C)cc3)cc21. The molecule has 0 saturated heterocycles. The molecule has 0 aliphatic carbocycles. The number of carbonyl (C=O) groups excluding carboxylic acids is 1. The smallest absolute Gasteiger partial charge is 0.251 e. The number of nitrogens with zero attached hydrogens (tertiary/aromatic N) is 1. The normalized spacial score (nSPS) is 12.7. The largest absolute Gasteiger partial charge is 0.348 e. The highest BCUT2D eigenvalue weighted by atomic mass is 32.2. The van der Waals surface area contributed by atoms with Crippen LogP contribution in [-0.4, -0.2) is 20.2 Å². The molecule has 0 aliphatic rings. The molecule has 142 valence electrons. The summed E-state index contributed by atoms with van der Waals surface area (Å²) in [5.74, 6) is -0.124. The maximum absolute atomic E-state index is 12.7. The van der Waals surface area contributed by atoms with E-state index in [9.17, 15) is 9.00 Å². The van der Waals surface area contributed by atoms with Crippen LogP contribution in [0, 0.1) is 0 Å². The first-order valence-electron chi connectivity index (χ1n) is 8.97. The van der Waals surface area contributed by atoms with Crippen molar-refractivity contribution in [2.45, 2.75) is 44.7 Å². The molecule has 1 unspecified atom stereocenters. The van der Waals surface area contributed by atoms with Crippen LogP contribution in [0.15, 0.2) is 59.6 Å². The molecule has 0 radical (unpaired) electrons. The van der Waals surface area contributed by atoms with Crippen molar-refractivity contribution >= 4 is 33.5 Å². The second-order valence-electron chi connectivity index (χ2n) is 7.47. The van der Waals surface area contributed by atoms with E-state index in [1.54, 1.807) is 24.3 Å². The molecule has 0 aliphatic heterocycles. The van der Waals surface area contributed by atoms with E-state index in [4.69, 9.17) is 0 Å². The molecule has 1 aromatic heterocycles. The molecule has 2 N–H and O–H groups in total. The van der Waals surface area contributed by atoms with Crippen LogP contribution in [0.2, 0.25) is 0 Å². The highest BCUT2D eigenvalue weighted by molar-refractivity contribution is 7.86. The van der Waals surface area contributed by atoms with Crippen molar-refractivity contribution in [2.24, 2.45) is 0 Å². The molecule has 2 aromatic carbocycles. The van der Waals surface area contributed by atoms with Crippen molar-refractivity contribution in [3.8, 4) is 0 Å². The Morgan fingerprint density at radius 2 is 1.78 bits per heavy atom. The monoisotopic (exact) mass is 383 g/mol. The van der Waals surface area contributed by atoms with Gasteiger partial charge in [0.25, 0.3) is 5.91 Å². The number of hydrogen-bond acceptors (Lipinski definition) is 2. The number of aromatic nitrogens is 1. The molecule has 27 heavy (non-hydrogen) atoms. The standard InChI is InChI=1S/C21H25N3O2S/c1-5-24-13-12-15-8-11-18(14-19(15)24)27(26)23-17-9-6-16(7-10-17)20(25)22-21(2,3)4/h6-14,23H,5H2,1-4H3,(H,22,25). The topological polar surface area (TPSA) is 63.1 Å². The van der Waals surface area contributed by atoms with E-state index in [1.165, 1.54) is 0 Å². The maximum atomic E-state index is 12.7. The summed E-state index contributed by atoms with van der Waals surface area (Å²) in [5, 5.41) is 4.06. The first-order chi connectivity index (χ1) is 12.8. The third kappa shape index (κ3) is 4.57. The Balaban J connectivity index is 1.73. The third-order valence-corrected chi connectivity index (χ3v) is 5.25. The van der Waals surface area contributed by atoms with Gasteiger partial charge in [0.05, 0.1) is 4.90 Å². The van der Waals surface area contributed by atoms with Crippen LogP contribution in [0.3, 0.4) is 0 Å². The first-order valence-corrected chi connectivity index (χ1v) is 10.1. The molecule has 6 heteroatoms. The fraction of sp³-hybridized carbons (Fsp3) is 0.286. The van der Waals surface area contributed by atoms with Gasteiger partial charge in [0.2, 0.25) is 0 Å². The van der Waals surface area contributed by atoms with Crippen molar-refractivity contribution in [3.63, 3.8) is 0 Å². The van der Waals surface area contributed by atoms with Gasteiger partial charge in [-0.2, -0.15) is 0 Å². The van der Waals surface area contributed by atoms with Crippen LogP contribution < -0.4 is 10.0 Å². The summed E-state index contributed by atoms with van der Waals surface area (Å²) < 4.78 is 17.8. The van der Waals surface area contributed by atoms with E-state index in [0.29, 0.717) is 16.1 Å². The Labute approximate surface area is 162 Å². The second kappa shape index (κ2) is 7.56. The number of amides is 1. The zero-order chi connectivity index (χ0) is 19.6. The van der Waals surface area contributed by atoms with Gasteiger partial charge in [-0.05, 0) is 75.5 Å². The van der Waals surface area contributed by atoms with E-state index in [0.717, 1.165) is 17.4 Å². The number of fused-ring (bicyclic) bond motifs is 1. The van der Waals surface area contributed by atoms with E-state index in [1.807, 2.05) is 45.2 Å². The lowest BCUT2D eigenvalue weighted by molar-refractivity contribution is 0.0919. The molecule has 1 heterocycles. The summed E-state index contributed by atoms with van der Waals surface area (Å²) in [7, 11) is -1.38. The van der Waals surface area contributed by atoms with Crippen molar-refractivity contribution in [1.82, 2.24) is 9.88 Å². The maximum Gasteiger partial charge on any atom is 0.251 e. The number of carbonyl (C=O) groups is 1. The van der Waals surface area contributed by atoms with Gasteiger partial charge in [-0.25, -0.2) is 4.21 Å². The van der Waals surface area contributed by atoms with Crippen LogP contribution in [-0.2, 0) is 17.5 Å². The summed E-state index contributed by atoms with van der Waals surface area (Å²) >= 11 is 0. The third-order valence-electron chi connectivity index (χ3n) is 4.15. The van der Waals surface area contributed by atoms with E-state index >= 15 is 0 Å². The van der Waals surface area contributed by atoms with Crippen molar-refractivity contribution in [3.05, 3.63) is 60.3 Å². The fourth-order valence-electron chi connectivity index (χ4n) is 2.82. The molecule has 0 fully saturated rings. The lowest BCUT2D eigenvalue weighted by Crippen LogP contribution is -2.40. The molecular weight excluding hydrogens is 358 g/mol. The molecule has 0 saturated carbocycles. The number of anilines is 1. The fourth-order valence-corrected chi connectivity index (χ4v) is 3.70. The van der Waals surface area contributed by atoms with Crippen LogP contribution in [0.1, 0.15) is 38.1 Å². The van der Waals surface area contributed by atoms with Crippen molar-refractivity contribution < 1.29 is 9.00 Å². The predicted molar refractivity (Wildman–Crippen MR) is 111 cm³/mol. The molecular formula is C21H25N3O2S. The Bertz CT molecular complexity index is 985. The molecule has 0 bridgehead atoms. The summed E-state index contributed by atoms with van der Waals surface area (Å²) in [6.07, 6.45) is 2.03. The molecule has 5 nitrogen and oxygen atoms in total. The van der Waals surface area contributed by atoms with Gasteiger partial charge < -0.3 is 14.6 Å². The Kier molecular flexibility index (Phi) is 5.37. The lowest BCUT2D eigenvalue weighted by Gasteiger charge is -2.20. The van der Waals surface area contributed by atoms with Gasteiger partial charge in [0.1, 0.15) is 11.0 Å². The number of aryl methyl sites for hydroxylation is 1. The first kappa shape index (κ1) is 19.2. The Morgan fingerprint density at radius 3 is 2.41 bits per heavy atom. The number of hydrogen-bond donors (Lipinski definition) is 2. The molecule has 1 atom stereocenters. The van der Waals surface area contributed by atoms with Gasteiger partial charge in [-0.15, -0.1) is 0 Å². The summed E-state index contributed by atoms with van der Waals surface area (Å²) in [4.78, 5) is 12.9. The van der Waals surface area contributed by atoms with E-state index < -0.39 is 11.0 Å². The minimum Gasteiger partial charge on any atom is -0.348 e. The van der Waals surface area contributed by atoms with Gasteiger partial charge in [0.15, 0.2) is 0 Å². The molecule has 3 rings (SSSR count). The molecule has 1 amide bonds. The minimum absolute atomic E-state index is 0.124. The van der Waals surface area contributed by atoms with Crippen LogP contribution in [0.25, 0.3) is 10.9 Å². The van der Waals surface area contributed by atoms with Crippen molar-refractivity contribution in [2.75, 3.05) is 4.72 Å². The number of nitrogens with one attached hydrogen (secondary N) is 2. The molecule has 0 spiro atoms. The molecule has 3 aromatic rings. The van der Waals surface area contributed by atoms with Gasteiger partial charge in [-0.1, -0.05) is 6.07 Å². The predicted octanol–water partition coefficient (Wildman–Crippen LogP) is 4.32. The summed E-state index contributed by atoms with van der Waals surface area (Å²) in [6.45, 7) is 8.77. The van der Waals surface area contributed by atoms with Crippen LogP contribution >= 0.6 is 0 Å². The van der Waals surface area contributed by atoms with Gasteiger partial charge in [-0.3, -0.25) is 4.79 Å². The quantitative estimate of drug-likeness (QED) is 0.689. The summed E-state index contributed by atoms with van der Waals surface area (Å²) in [5.41, 5.74) is 2.05. The highest BCUT2D eigenvalue weighted by Crippen LogP contribution is 2.21. The van der Waals surface area contributed by atoms with Crippen LogP contribution in [0.4, 0.5) is 5.69 Å². The van der Waals surface area contributed by atoms with Gasteiger partial charge in [0, 0.05) is 35.0 Å². The van der Waals surface area contributed by atoms with Crippen LogP contribution in [0.5, 0.6) is 0 Å². The average molecular weight is 384 g/mol. The van der Waals surface area contributed by atoms with E-state index in [2.05, 4.69) is 27.6 Å². The van der Waals surface area contributed by atoms with Gasteiger partial charge >= 0.3 is 0 Å². The zero-order valence-corrected chi connectivity index (χ0v) is 16.9. The number of benzene rings is 2. The number of rotatable bonds is 5. The lowest BCUT2D eigenvalue weighted by atomic mass is 10.1. The van der Waals surface area contributed by atoms with E-state index in [-0.39, 0.29) is 11.4 Å². The second-order valence-corrected chi connectivity index (χ2v) is 8.69. The Morgan fingerprint density at radius 1 is 1.07 bits per heavy atom. The minimum atomic E-state index is -1.38. The average Bonchev–Trinajstić information content (AvgIpc) is 3.03. The Hall–Kier alpha value is -2.60. The highest BCUT2D eigenvalue weighted by Gasteiger charge is 2.15. The zero-order valence-electron chi connectivity index (χ0n) is 16.1. The summed E-state index contributed by atoms with van der Waals surface area (Å²) in [6, 6.07) is 14.9. The van der Waals surface area contributed by atoms with Crippen molar-refractivity contribution in [1.29, 1.82) is 0 Å².